The maximum atomic E-state index is 3.98. The van der Waals surface area contributed by atoms with E-state index >= 15 is 0 Å². The molecule has 29 heavy (non-hydrogen) atoms. The number of fused-ring (bicyclic) bond motifs is 1. The number of hydrogen-bond acceptors (Lipinski definition) is 0. The van der Waals surface area contributed by atoms with E-state index in [1.54, 1.807) is 11.1 Å². The molecule has 2 aliphatic rings. The van der Waals surface area contributed by atoms with Gasteiger partial charge in [0.05, 0.1) is 0 Å². The molecule has 0 nitrogen and oxygen atoms in total. The molecule has 0 bridgehead atoms. The Morgan fingerprint density at radius 2 is 1.62 bits per heavy atom. The summed E-state index contributed by atoms with van der Waals surface area (Å²) in [5, 5.41) is 0. The smallest absolute Gasteiger partial charge is 0.0162 e. The first-order valence-electron chi connectivity index (χ1n) is 12.1. The van der Waals surface area contributed by atoms with Crippen LogP contribution in [0.15, 0.2) is 55.1 Å². The van der Waals surface area contributed by atoms with Crippen LogP contribution in [0, 0.1) is 11.8 Å². The van der Waals surface area contributed by atoms with Gasteiger partial charge < -0.3 is 0 Å². The topological polar surface area (TPSA) is 0 Å². The van der Waals surface area contributed by atoms with Gasteiger partial charge in [0.25, 0.3) is 0 Å². The van der Waals surface area contributed by atoms with Crippen LogP contribution in [0.2, 0.25) is 0 Å². The molecule has 1 fully saturated rings. The average Bonchev–Trinajstić information content (AvgIpc) is 2.79. The van der Waals surface area contributed by atoms with Gasteiger partial charge in [-0.2, -0.15) is 0 Å². The maximum Gasteiger partial charge on any atom is -0.0162 e. The van der Waals surface area contributed by atoms with Crippen LogP contribution < -0.4 is 0 Å². The van der Waals surface area contributed by atoms with Crippen molar-refractivity contribution in [3.05, 3.63) is 71.8 Å². The number of aryl methyl sites for hydroxylation is 1. The van der Waals surface area contributed by atoms with Crippen molar-refractivity contribution in [2.24, 2.45) is 11.8 Å². The molecule has 0 heteroatoms. The van der Waals surface area contributed by atoms with Gasteiger partial charge in [-0.05, 0) is 90.5 Å². The first-order chi connectivity index (χ1) is 14.3. The van der Waals surface area contributed by atoms with Crippen LogP contribution in [-0.2, 0) is 12.8 Å². The van der Waals surface area contributed by atoms with Crippen LogP contribution in [0.1, 0.15) is 87.3 Å². The second-order valence-electron chi connectivity index (χ2n) is 9.56. The third-order valence-corrected chi connectivity index (χ3v) is 7.57. The van der Waals surface area contributed by atoms with E-state index in [0.717, 1.165) is 17.8 Å². The van der Waals surface area contributed by atoms with E-state index in [9.17, 15) is 0 Å². The second kappa shape index (κ2) is 9.79. The Morgan fingerprint density at radius 1 is 0.862 bits per heavy atom. The Hall–Kier alpha value is -1.82. The van der Waals surface area contributed by atoms with Crippen LogP contribution in [0.3, 0.4) is 0 Å². The lowest BCUT2D eigenvalue weighted by atomic mass is 9.78. The van der Waals surface area contributed by atoms with Crippen molar-refractivity contribution < 1.29 is 0 Å². The summed E-state index contributed by atoms with van der Waals surface area (Å²) in [6.07, 6.45) is 16.9. The standard InChI is InChI=1S/C29H38/c1-3-5-6-7-23-10-13-29-21-28(19-18-27(29)20-23)26-16-14-25(15-17-26)24-11-8-22(4-2)9-12-24/h4,14-19,21-24H,2-3,5-13,20H2,1H3. The molecule has 0 saturated heterocycles. The third kappa shape index (κ3) is 5.03. The summed E-state index contributed by atoms with van der Waals surface area (Å²) < 4.78 is 0. The highest BCUT2D eigenvalue weighted by molar-refractivity contribution is 5.65. The molecule has 2 aromatic carbocycles. The van der Waals surface area contributed by atoms with Crippen LogP contribution in [0.5, 0.6) is 0 Å². The Bertz CT molecular complexity index is 789. The lowest BCUT2D eigenvalue weighted by Gasteiger charge is -2.27. The summed E-state index contributed by atoms with van der Waals surface area (Å²) in [6.45, 7) is 6.28. The van der Waals surface area contributed by atoms with Crippen molar-refractivity contribution in [2.75, 3.05) is 0 Å². The SMILES string of the molecule is C=CC1CCC(c2ccc(-c3ccc4c(c3)CCC(CCCCC)C4)cc2)CC1. The number of unbranched alkanes of at least 4 members (excludes halogenated alkanes) is 2. The highest BCUT2D eigenvalue weighted by Gasteiger charge is 2.21. The number of hydrogen-bond donors (Lipinski definition) is 0. The molecular weight excluding hydrogens is 348 g/mol. The summed E-state index contributed by atoms with van der Waals surface area (Å²) in [6, 6.07) is 16.7. The first-order valence-corrected chi connectivity index (χ1v) is 12.1. The molecule has 154 valence electrons. The predicted molar refractivity (Wildman–Crippen MR) is 126 cm³/mol. The van der Waals surface area contributed by atoms with E-state index < -0.39 is 0 Å². The average molecular weight is 387 g/mol. The number of benzene rings is 2. The molecule has 0 aliphatic heterocycles. The third-order valence-electron chi connectivity index (χ3n) is 7.57. The molecule has 1 atom stereocenters. The van der Waals surface area contributed by atoms with Crippen molar-refractivity contribution in [1.29, 1.82) is 0 Å². The van der Waals surface area contributed by atoms with Gasteiger partial charge in [-0.15, -0.1) is 6.58 Å². The van der Waals surface area contributed by atoms with Crippen LogP contribution >= 0.6 is 0 Å². The first kappa shape index (κ1) is 20.5. The molecule has 0 aromatic heterocycles. The molecule has 2 aliphatic carbocycles. The molecule has 0 radical (unpaired) electrons. The molecule has 0 amide bonds. The zero-order valence-electron chi connectivity index (χ0n) is 18.3. The fourth-order valence-corrected chi connectivity index (χ4v) is 5.58. The number of rotatable bonds is 7. The van der Waals surface area contributed by atoms with Gasteiger partial charge in [-0.1, -0.05) is 81.1 Å². The molecular formula is C29H38. The minimum Gasteiger partial charge on any atom is -0.103 e. The van der Waals surface area contributed by atoms with Gasteiger partial charge in [-0.3, -0.25) is 0 Å². The van der Waals surface area contributed by atoms with Crippen molar-refractivity contribution in [2.45, 2.75) is 83.5 Å². The highest BCUT2D eigenvalue weighted by atomic mass is 14.3. The van der Waals surface area contributed by atoms with Crippen LogP contribution in [-0.4, -0.2) is 0 Å². The Labute approximate surface area is 178 Å². The molecule has 0 heterocycles. The largest absolute Gasteiger partial charge is 0.103 e. The van der Waals surface area contributed by atoms with Crippen LogP contribution in [0.25, 0.3) is 11.1 Å². The Morgan fingerprint density at radius 3 is 2.34 bits per heavy atom. The monoisotopic (exact) mass is 386 g/mol. The van der Waals surface area contributed by atoms with E-state index in [1.165, 1.54) is 87.3 Å². The van der Waals surface area contributed by atoms with E-state index in [4.69, 9.17) is 0 Å². The highest BCUT2D eigenvalue weighted by Crippen LogP contribution is 2.37. The molecule has 0 spiro atoms. The Kier molecular flexibility index (Phi) is 6.90. The molecule has 2 aromatic rings. The summed E-state index contributed by atoms with van der Waals surface area (Å²) in [7, 11) is 0. The molecule has 1 unspecified atom stereocenters. The molecule has 4 rings (SSSR count). The van der Waals surface area contributed by atoms with E-state index in [-0.39, 0.29) is 0 Å². The second-order valence-corrected chi connectivity index (χ2v) is 9.56. The van der Waals surface area contributed by atoms with Crippen LogP contribution in [0.4, 0.5) is 0 Å². The summed E-state index contributed by atoms with van der Waals surface area (Å²) in [5.74, 6) is 2.40. The fourth-order valence-electron chi connectivity index (χ4n) is 5.58. The summed E-state index contributed by atoms with van der Waals surface area (Å²) in [5.41, 5.74) is 7.51. The summed E-state index contributed by atoms with van der Waals surface area (Å²) in [4.78, 5) is 0. The lowest BCUT2D eigenvalue weighted by Crippen LogP contribution is -2.14. The van der Waals surface area contributed by atoms with Gasteiger partial charge in [-0.25, -0.2) is 0 Å². The predicted octanol–water partition coefficient (Wildman–Crippen LogP) is 8.50. The Balaban J connectivity index is 1.40. The zero-order valence-corrected chi connectivity index (χ0v) is 18.3. The molecule has 1 saturated carbocycles. The van der Waals surface area contributed by atoms with Crippen molar-refractivity contribution in [3.63, 3.8) is 0 Å². The van der Waals surface area contributed by atoms with E-state index in [2.05, 4.69) is 62.0 Å². The van der Waals surface area contributed by atoms with E-state index in [1.807, 2.05) is 0 Å². The quantitative estimate of drug-likeness (QED) is 0.330. The van der Waals surface area contributed by atoms with Gasteiger partial charge in [0, 0.05) is 0 Å². The maximum absolute atomic E-state index is 3.98. The minimum atomic E-state index is 0.743. The van der Waals surface area contributed by atoms with Crippen molar-refractivity contribution in [3.8, 4) is 11.1 Å². The normalized spacial score (nSPS) is 24.1. The van der Waals surface area contributed by atoms with Gasteiger partial charge in [0.15, 0.2) is 0 Å². The minimum absolute atomic E-state index is 0.743. The lowest BCUT2D eigenvalue weighted by molar-refractivity contribution is 0.376. The zero-order chi connectivity index (χ0) is 20.1. The molecule has 0 N–H and O–H groups in total. The van der Waals surface area contributed by atoms with Crippen molar-refractivity contribution in [1.82, 2.24) is 0 Å². The van der Waals surface area contributed by atoms with E-state index in [0.29, 0.717) is 0 Å². The van der Waals surface area contributed by atoms with Gasteiger partial charge in [0.2, 0.25) is 0 Å². The van der Waals surface area contributed by atoms with Gasteiger partial charge >= 0.3 is 0 Å². The number of allylic oxidation sites excluding steroid dienone is 1. The summed E-state index contributed by atoms with van der Waals surface area (Å²) >= 11 is 0. The van der Waals surface area contributed by atoms with Gasteiger partial charge in [0.1, 0.15) is 0 Å². The van der Waals surface area contributed by atoms with Crippen molar-refractivity contribution >= 4 is 0 Å². The fraction of sp³-hybridized carbons (Fsp3) is 0.517.